The van der Waals surface area contributed by atoms with Gasteiger partial charge in [0.2, 0.25) is 10.0 Å². The first kappa shape index (κ1) is 18.4. The lowest BCUT2D eigenvalue weighted by atomic mass is 10.0. The largest absolute Gasteiger partial charge is 0.508 e. The van der Waals surface area contributed by atoms with Crippen LogP contribution in [0.1, 0.15) is 16.7 Å². The number of phenolic OH excluding ortho intramolecular Hbond substituents is 1. The molecular formula is C22H20N2O3S. The Hall–Kier alpha value is -2.96. The average molecular weight is 392 g/mol. The van der Waals surface area contributed by atoms with E-state index in [0.29, 0.717) is 18.8 Å². The van der Waals surface area contributed by atoms with Gasteiger partial charge in [-0.2, -0.15) is 4.31 Å². The molecule has 0 spiro atoms. The summed E-state index contributed by atoms with van der Waals surface area (Å²) in [6.45, 7) is 0.882. The van der Waals surface area contributed by atoms with Crippen LogP contribution in [0.3, 0.4) is 0 Å². The molecule has 0 saturated carbocycles. The number of phenols is 1. The number of rotatable bonds is 4. The fourth-order valence-electron chi connectivity index (χ4n) is 3.28. The van der Waals surface area contributed by atoms with Crippen molar-refractivity contribution in [2.45, 2.75) is 17.9 Å². The summed E-state index contributed by atoms with van der Waals surface area (Å²) in [6, 6.07) is 21.3. The summed E-state index contributed by atoms with van der Waals surface area (Å²) < 4.78 is 27.5. The maximum Gasteiger partial charge on any atom is 0.243 e. The maximum absolute atomic E-state index is 13.0. The molecule has 0 bridgehead atoms. The summed E-state index contributed by atoms with van der Waals surface area (Å²) in [5.74, 6) is 0.175. The van der Waals surface area contributed by atoms with Gasteiger partial charge >= 0.3 is 0 Å². The lowest BCUT2D eigenvalue weighted by molar-refractivity contribution is 0.391. The molecule has 6 heteroatoms. The summed E-state index contributed by atoms with van der Waals surface area (Å²) >= 11 is 0. The van der Waals surface area contributed by atoms with Gasteiger partial charge in [0.1, 0.15) is 5.75 Å². The highest BCUT2D eigenvalue weighted by molar-refractivity contribution is 7.89. The Morgan fingerprint density at radius 2 is 1.68 bits per heavy atom. The van der Waals surface area contributed by atoms with Gasteiger partial charge in [0.25, 0.3) is 0 Å². The van der Waals surface area contributed by atoms with Crippen LogP contribution >= 0.6 is 0 Å². The number of hydrogen-bond donors (Lipinski definition) is 1. The van der Waals surface area contributed by atoms with Gasteiger partial charge < -0.3 is 5.11 Å². The van der Waals surface area contributed by atoms with Crippen LogP contribution in [0.15, 0.2) is 82.7 Å². The Balaban J connectivity index is 1.52. The third-order valence-electron chi connectivity index (χ3n) is 4.80. The van der Waals surface area contributed by atoms with E-state index in [9.17, 15) is 13.5 Å². The predicted octanol–water partition coefficient (Wildman–Crippen LogP) is 3.89. The highest BCUT2D eigenvalue weighted by atomic mass is 32.2. The molecule has 1 N–H and O–H groups in total. The summed E-state index contributed by atoms with van der Waals surface area (Å²) in [5.41, 5.74) is 3.69. The van der Waals surface area contributed by atoms with Gasteiger partial charge in [-0.1, -0.05) is 36.4 Å². The molecule has 0 atom stereocenters. The summed E-state index contributed by atoms with van der Waals surface area (Å²) in [6.07, 6.45) is 2.35. The molecule has 3 aromatic carbocycles. The minimum Gasteiger partial charge on any atom is -0.508 e. The molecule has 0 aliphatic carbocycles. The highest BCUT2D eigenvalue weighted by Gasteiger charge is 2.27. The second-order valence-corrected chi connectivity index (χ2v) is 8.64. The Kier molecular flexibility index (Phi) is 4.98. The van der Waals surface area contributed by atoms with Gasteiger partial charge in [0, 0.05) is 19.3 Å². The molecular weight excluding hydrogens is 372 g/mol. The number of sulfonamides is 1. The molecule has 4 rings (SSSR count). The van der Waals surface area contributed by atoms with Crippen molar-refractivity contribution in [2.24, 2.45) is 4.99 Å². The zero-order valence-electron chi connectivity index (χ0n) is 15.2. The summed E-state index contributed by atoms with van der Waals surface area (Å²) in [5, 5.41) is 9.49. The van der Waals surface area contributed by atoms with Crippen LogP contribution in [-0.2, 0) is 23.0 Å². The van der Waals surface area contributed by atoms with Crippen molar-refractivity contribution < 1.29 is 13.5 Å². The second-order valence-electron chi connectivity index (χ2n) is 6.70. The predicted molar refractivity (Wildman–Crippen MR) is 110 cm³/mol. The topological polar surface area (TPSA) is 70.0 Å². The lowest BCUT2D eigenvalue weighted by Gasteiger charge is -2.28. The van der Waals surface area contributed by atoms with Crippen molar-refractivity contribution in [2.75, 3.05) is 6.54 Å². The molecule has 5 nitrogen and oxygen atoms in total. The van der Waals surface area contributed by atoms with Crippen LogP contribution in [0.4, 0.5) is 5.69 Å². The molecule has 3 aromatic rings. The van der Waals surface area contributed by atoms with Crippen LogP contribution < -0.4 is 0 Å². The SMILES string of the molecule is O=S(=O)(c1ccc(N=Cc2cccc(O)c2)cc1)N1CCc2ccccc2C1. The van der Waals surface area contributed by atoms with Gasteiger partial charge in [-0.25, -0.2) is 8.42 Å². The van der Waals surface area contributed by atoms with Crippen molar-refractivity contribution in [1.82, 2.24) is 4.31 Å². The van der Waals surface area contributed by atoms with E-state index >= 15 is 0 Å². The van der Waals surface area contributed by atoms with Crippen LogP contribution in [0.5, 0.6) is 5.75 Å². The first-order chi connectivity index (χ1) is 13.5. The smallest absolute Gasteiger partial charge is 0.243 e. The number of aliphatic imine (C=N–C) groups is 1. The van der Waals surface area contributed by atoms with Crippen LogP contribution in [0, 0.1) is 0 Å². The highest BCUT2D eigenvalue weighted by Crippen LogP contribution is 2.26. The summed E-state index contributed by atoms with van der Waals surface area (Å²) in [7, 11) is -3.55. The number of fused-ring (bicyclic) bond motifs is 1. The Bertz CT molecular complexity index is 1120. The van der Waals surface area contributed by atoms with Crippen molar-refractivity contribution in [3.8, 4) is 5.75 Å². The van der Waals surface area contributed by atoms with Gasteiger partial charge in [0.05, 0.1) is 10.6 Å². The molecule has 1 aliphatic rings. The fraction of sp³-hybridized carbons (Fsp3) is 0.136. The maximum atomic E-state index is 13.0. The lowest BCUT2D eigenvalue weighted by Crippen LogP contribution is -2.35. The van der Waals surface area contributed by atoms with Crippen molar-refractivity contribution in [3.05, 3.63) is 89.5 Å². The van der Waals surface area contributed by atoms with Crippen LogP contribution in [0.25, 0.3) is 0 Å². The van der Waals surface area contributed by atoms with E-state index in [1.54, 1.807) is 48.7 Å². The number of nitrogens with zero attached hydrogens (tertiary/aromatic N) is 2. The Morgan fingerprint density at radius 1 is 0.929 bits per heavy atom. The van der Waals surface area contributed by atoms with E-state index in [0.717, 1.165) is 17.5 Å². The third kappa shape index (κ3) is 3.83. The second kappa shape index (κ2) is 7.58. The monoisotopic (exact) mass is 392 g/mol. The minimum atomic E-state index is -3.55. The van der Waals surface area contributed by atoms with E-state index < -0.39 is 10.0 Å². The van der Waals surface area contributed by atoms with E-state index in [2.05, 4.69) is 11.1 Å². The number of aromatic hydroxyl groups is 1. The third-order valence-corrected chi connectivity index (χ3v) is 6.66. The quantitative estimate of drug-likeness (QED) is 0.685. The first-order valence-corrected chi connectivity index (χ1v) is 10.5. The normalized spacial score (nSPS) is 14.9. The van der Waals surface area contributed by atoms with E-state index in [4.69, 9.17) is 0 Å². The van der Waals surface area contributed by atoms with Gasteiger partial charge in [-0.05, 0) is 59.5 Å². The molecule has 0 saturated heterocycles. The molecule has 0 aromatic heterocycles. The fourth-order valence-corrected chi connectivity index (χ4v) is 4.70. The molecule has 0 fully saturated rings. The Labute approximate surface area is 164 Å². The van der Waals surface area contributed by atoms with Gasteiger partial charge in [0.15, 0.2) is 0 Å². The molecule has 0 unspecified atom stereocenters. The van der Waals surface area contributed by atoms with E-state index in [1.807, 2.05) is 24.3 Å². The molecule has 0 amide bonds. The van der Waals surface area contributed by atoms with Gasteiger partial charge in [-0.15, -0.1) is 0 Å². The molecule has 1 aliphatic heterocycles. The molecule has 28 heavy (non-hydrogen) atoms. The van der Waals surface area contributed by atoms with E-state index in [-0.39, 0.29) is 10.6 Å². The molecule has 0 radical (unpaired) electrons. The standard InChI is InChI=1S/C22H20N2O3S/c25-21-7-3-4-17(14-21)15-23-20-8-10-22(11-9-20)28(26,27)24-13-12-18-5-1-2-6-19(18)16-24/h1-11,14-15,25H,12-13,16H2. The summed E-state index contributed by atoms with van der Waals surface area (Å²) in [4.78, 5) is 4.61. The van der Waals surface area contributed by atoms with Crippen LogP contribution in [0.2, 0.25) is 0 Å². The Morgan fingerprint density at radius 3 is 2.43 bits per heavy atom. The van der Waals surface area contributed by atoms with Crippen LogP contribution in [-0.4, -0.2) is 30.6 Å². The first-order valence-electron chi connectivity index (χ1n) is 9.02. The van der Waals surface area contributed by atoms with E-state index in [1.165, 1.54) is 9.87 Å². The molecule has 142 valence electrons. The van der Waals surface area contributed by atoms with Crippen molar-refractivity contribution >= 4 is 21.9 Å². The molecule has 1 heterocycles. The average Bonchev–Trinajstić information content (AvgIpc) is 2.72. The zero-order chi connectivity index (χ0) is 19.6. The van der Waals surface area contributed by atoms with Gasteiger partial charge in [-0.3, -0.25) is 4.99 Å². The minimum absolute atomic E-state index is 0.175. The number of hydrogen-bond acceptors (Lipinski definition) is 4. The van der Waals surface area contributed by atoms with Crippen molar-refractivity contribution in [1.29, 1.82) is 0 Å². The zero-order valence-corrected chi connectivity index (χ0v) is 16.0. The van der Waals surface area contributed by atoms with Crippen molar-refractivity contribution in [3.63, 3.8) is 0 Å². The number of benzene rings is 3.